The lowest BCUT2D eigenvalue weighted by Gasteiger charge is -2.09. The average Bonchev–Trinajstić information content (AvgIpc) is 2.53. The van der Waals surface area contributed by atoms with Gasteiger partial charge in [0, 0.05) is 24.4 Å². The van der Waals surface area contributed by atoms with Gasteiger partial charge in [-0.2, -0.15) is 0 Å². The highest BCUT2D eigenvalue weighted by Gasteiger charge is 2.13. The molecule has 3 nitrogen and oxygen atoms in total. The summed E-state index contributed by atoms with van der Waals surface area (Å²) in [5.74, 6) is -2.09. The lowest BCUT2D eigenvalue weighted by atomic mass is 10.0. The zero-order valence-electron chi connectivity index (χ0n) is 11.6. The molecule has 0 radical (unpaired) electrons. The first kappa shape index (κ1) is 15.4. The van der Waals surface area contributed by atoms with Crippen molar-refractivity contribution >= 4 is 11.6 Å². The molecular weight excluding hydrogens is 327 g/mol. The fourth-order valence-corrected chi connectivity index (χ4v) is 2.22. The normalized spacial score (nSPS) is 10.8. The van der Waals surface area contributed by atoms with Crippen LogP contribution in [0.15, 0.2) is 42.9 Å². The van der Waals surface area contributed by atoms with E-state index in [1.54, 1.807) is 0 Å². The molecule has 0 spiro atoms. The molecule has 23 heavy (non-hydrogen) atoms. The Bertz CT molecular complexity index is 854. The van der Waals surface area contributed by atoms with E-state index in [4.69, 9.17) is 11.6 Å². The highest BCUT2D eigenvalue weighted by molar-refractivity contribution is 6.30. The number of rotatable bonds is 3. The highest BCUT2D eigenvalue weighted by atomic mass is 35.5. The Kier molecular flexibility index (Phi) is 4.25. The molecule has 0 atom stereocenters. The molecular formula is C16H9ClF3N3. The predicted octanol–water partition coefficient (Wildman–Crippen LogP) is 4.20. The molecule has 7 heteroatoms. The Balaban J connectivity index is 2.03. The summed E-state index contributed by atoms with van der Waals surface area (Å²) in [5, 5.41) is 0.381. The van der Waals surface area contributed by atoms with Crippen LogP contribution < -0.4 is 0 Å². The second kappa shape index (κ2) is 6.34. The van der Waals surface area contributed by atoms with Gasteiger partial charge in [0.2, 0.25) is 0 Å². The molecule has 0 amide bonds. The molecule has 0 aliphatic carbocycles. The van der Waals surface area contributed by atoms with Crippen molar-refractivity contribution in [3.63, 3.8) is 0 Å². The van der Waals surface area contributed by atoms with Gasteiger partial charge in [-0.3, -0.25) is 4.98 Å². The summed E-state index contributed by atoms with van der Waals surface area (Å²) in [6.07, 6.45) is 4.04. The fraction of sp³-hybridized carbons (Fsp3) is 0.0625. The van der Waals surface area contributed by atoms with Crippen molar-refractivity contribution in [2.24, 2.45) is 0 Å². The van der Waals surface area contributed by atoms with E-state index in [9.17, 15) is 13.2 Å². The van der Waals surface area contributed by atoms with E-state index >= 15 is 0 Å². The molecule has 0 aliphatic heterocycles. The number of nitrogens with zero attached hydrogens (tertiary/aromatic N) is 3. The van der Waals surface area contributed by atoms with E-state index in [-0.39, 0.29) is 6.42 Å². The maximum atomic E-state index is 13.5. The largest absolute Gasteiger partial charge is 0.253 e. The third-order valence-electron chi connectivity index (χ3n) is 3.15. The molecule has 0 unspecified atom stereocenters. The van der Waals surface area contributed by atoms with Crippen molar-refractivity contribution in [3.05, 3.63) is 76.7 Å². The van der Waals surface area contributed by atoms with Gasteiger partial charge in [0.05, 0.1) is 16.9 Å². The number of pyridine rings is 1. The minimum absolute atomic E-state index is 0.177. The molecule has 0 N–H and O–H groups in total. The maximum absolute atomic E-state index is 13.5. The summed E-state index contributed by atoms with van der Waals surface area (Å²) >= 11 is 5.72. The van der Waals surface area contributed by atoms with Crippen LogP contribution in [0.4, 0.5) is 13.2 Å². The zero-order valence-corrected chi connectivity index (χ0v) is 12.4. The lowest BCUT2D eigenvalue weighted by Crippen LogP contribution is -2.01. The SMILES string of the molecule is Fc1cnc(-c2ccc(F)c(F)c2)c(Cc2ncc(Cl)cn2)c1. The standard InChI is InChI=1S/C16H9ClF3N3/c17-11-6-21-15(22-7-11)5-10-3-12(18)8-23-16(10)9-1-2-13(19)14(20)4-9/h1-4,6-8H,5H2. The van der Waals surface area contributed by atoms with Crippen molar-refractivity contribution in [2.75, 3.05) is 0 Å². The van der Waals surface area contributed by atoms with Gasteiger partial charge in [-0.1, -0.05) is 11.6 Å². The fourth-order valence-electron chi connectivity index (χ4n) is 2.12. The van der Waals surface area contributed by atoms with E-state index in [0.29, 0.717) is 27.7 Å². The molecule has 3 rings (SSSR count). The lowest BCUT2D eigenvalue weighted by molar-refractivity contribution is 0.509. The second-order valence-corrected chi connectivity index (χ2v) is 5.22. The Morgan fingerprint density at radius 1 is 0.870 bits per heavy atom. The van der Waals surface area contributed by atoms with Gasteiger partial charge in [0.15, 0.2) is 11.6 Å². The second-order valence-electron chi connectivity index (χ2n) is 4.78. The summed E-state index contributed by atoms with van der Waals surface area (Å²) in [6.45, 7) is 0. The van der Waals surface area contributed by atoms with Crippen LogP contribution in [0.2, 0.25) is 5.02 Å². The number of hydrogen-bond acceptors (Lipinski definition) is 3. The molecule has 1 aromatic carbocycles. The van der Waals surface area contributed by atoms with Crippen LogP contribution in [0.1, 0.15) is 11.4 Å². The van der Waals surface area contributed by atoms with Gasteiger partial charge in [-0.15, -0.1) is 0 Å². The van der Waals surface area contributed by atoms with Crippen LogP contribution >= 0.6 is 11.6 Å². The summed E-state index contributed by atoms with van der Waals surface area (Å²) in [5.41, 5.74) is 1.13. The van der Waals surface area contributed by atoms with E-state index < -0.39 is 17.5 Å². The van der Waals surface area contributed by atoms with Gasteiger partial charge >= 0.3 is 0 Å². The number of hydrogen-bond donors (Lipinski definition) is 0. The van der Waals surface area contributed by atoms with Crippen molar-refractivity contribution in [1.82, 2.24) is 15.0 Å². The van der Waals surface area contributed by atoms with E-state index in [0.717, 1.165) is 18.3 Å². The topological polar surface area (TPSA) is 38.7 Å². The van der Waals surface area contributed by atoms with Crippen molar-refractivity contribution < 1.29 is 13.2 Å². The minimum Gasteiger partial charge on any atom is -0.253 e. The van der Waals surface area contributed by atoms with Crippen LogP contribution in [0.3, 0.4) is 0 Å². The number of aromatic nitrogens is 3. The van der Waals surface area contributed by atoms with Gasteiger partial charge in [0.1, 0.15) is 11.6 Å². The van der Waals surface area contributed by atoms with Crippen molar-refractivity contribution in [2.45, 2.75) is 6.42 Å². The Labute approximate surface area is 134 Å². The molecule has 0 aliphatic rings. The molecule has 116 valence electrons. The van der Waals surface area contributed by atoms with E-state index in [1.807, 2.05) is 0 Å². The molecule has 0 saturated heterocycles. The zero-order chi connectivity index (χ0) is 16.4. The third kappa shape index (κ3) is 3.48. The Morgan fingerprint density at radius 2 is 1.61 bits per heavy atom. The number of halogens is 4. The Hall–Kier alpha value is -2.47. The van der Waals surface area contributed by atoms with Gasteiger partial charge in [-0.05, 0) is 29.8 Å². The summed E-state index contributed by atoms with van der Waals surface area (Å²) in [4.78, 5) is 12.1. The first-order valence-corrected chi connectivity index (χ1v) is 6.97. The van der Waals surface area contributed by atoms with E-state index in [1.165, 1.54) is 24.5 Å². The van der Waals surface area contributed by atoms with Crippen LogP contribution in [0, 0.1) is 17.5 Å². The van der Waals surface area contributed by atoms with Crippen LogP contribution in [0.25, 0.3) is 11.3 Å². The molecule has 3 aromatic rings. The molecule has 2 aromatic heterocycles. The predicted molar refractivity (Wildman–Crippen MR) is 79.4 cm³/mol. The van der Waals surface area contributed by atoms with Crippen LogP contribution in [0.5, 0.6) is 0 Å². The third-order valence-corrected chi connectivity index (χ3v) is 3.34. The summed E-state index contributed by atoms with van der Waals surface area (Å²) in [7, 11) is 0. The van der Waals surface area contributed by atoms with Crippen molar-refractivity contribution in [3.8, 4) is 11.3 Å². The Morgan fingerprint density at radius 3 is 2.30 bits per heavy atom. The quantitative estimate of drug-likeness (QED) is 0.720. The average molecular weight is 336 g/mol. The van der Waals surface area contributed by atoms with E-state index in [2.05, 4.69) is 15.0 Å². The maximum Gasteiger partial charge on any atom is 0.159 e. The first-order valence-electron chi connectivity index (χ1n) is 6.59. The molecule has 0 bridgehead atoms. The van der Waals surface area contributed by atoms with Crippen LogP contribution in [-0.4, -0.2) is 15.0 Å². The van der Waals surface area contributed by atoms with Gasteiger partial charge in [0.25, 0.3) is 0 Å². The monoisotopic (exact) mass is 335 g/mol. The summed E-state index contributed by atoms with van der Waals surface area (Å²) in [6, 6.07) is 4.66. The highest BCUT2D eigenvalue weighted by Crippen LogP contribution is 2.25. The minimum atomic E-state index is -0.998. The smallest absolute Gasteiger partial charge is 0.159 e. The molecule has 0 fully saturated rings. The summed E-state index contributed by atoms with van der Waals surface area (Å²) < 4.78 is 40.0. The first-order chi connectivity index (χ1) is 11.0. The molecule has 2 heterocycles. The number of benzene rings is 1. The van der Waals surface area contributed by atoms with Gasteiger partial charge in [-0.25, -0.2) is 23.1 Å². The van der Waals surface area contributed by atoms with Crippen molar-refractivity contribution in [1.29, 1.82) is 0 Å². The van der Waals surface area contributed by atoms with Crippen LogP contribution in [-0.2, 0) is 6.42 Å². The molecule has 0 saturated carbocycles. The van der Waals surface area contributed by atoms with Gasteiger partial charge < -0.3 is 0 Å².